The second kappa shape index (κ2) is 4.79. The Morgan fingerprint density at radius 2 is 1.76 bits per heavy atom. The Labute approximate surface area is 101 Å². The first-order chi connectivity index (χ1) is 8.11. The molecule has 1 aliphatic rings. The SMILES string of the molecule is CC1CN(c2ncc(C=O)cn2)CC(C)N1C. The first-order valence-corrected chi connectivity index (χ1v) is 5.86. The Bertz CT molecular complexity index is 380. The maximum Gasteiger partial charge on any atom is 0.225 e. The van der Waals surface area contributed by atoms with Gasteiger partial charge in [-0.1, -0.05) is 0 Å². The molecule has 2 rings (SSSR count). The van der Waals surface area contributed by atoms with E-state index in [0.29, 0.717) is 23.6 Å². The molecule has 1 aliphatic heterocycles. The zero-order valence-electron chi connectivity index (χ0n) is 10.5. The van der Waals surface area contributed by atoms with Gasteiger partial charge < -0.3 is 4.90 Å². The molecule has 1 aromatic rings. The summed E-state index contributed by atoms with van der Waals surface area (Å²) in [5, 5.41) is 0. The van der Waals surface area contributed by atoms with Gasteiger partial charge in [0.2, 0.25) is 5.95 Å². The standard InChI is InChI=1S/C12H18N4O/c1-9-6-16(7-10(2)15(9)3)12-13-4-11(8-17)5-14-12/h4-5,8-10H,6-7H2,1-3H3. The summed E-state index contributed by atoms with van der Waals surface area (Å²) in [5.41, 5.74) is 0.518. The van der Waals surface area contributed by atoms with Crippen LogP contribution in [0.15, 0.2) is 12.4 Å². The van der Waals surface area contributed by atoms with Crippen molar-refractivity contribution in [3.63, 3.8) is 0 Å². The zero-order chi connectivity index (χ0) is 12.4. The summed E-state index contributed by atoms with van der Waals surface area (Å²) in [7, 11) is 2.14. The summed E-state index contributed by atoms with van der Waals surface area (Å²) in [4.78, 5) is 23.5. The van der Waals surface area contributed by atoms with Crippen LogP contribution in [0.5, 0.6) is 0 Å². The lowest BCUT2D eigenvalue weighted by Crippen LogP contribution is -2.55. The van der Waals surface area contributed by atoms with E-state index in [1.54, 1.807) is 12.4 Å². The maximum absolute atomic E-state index is 10.5. The molecule has 0 radical (unpaired) electrons. The highest BCUT2D eigenvalue weighted by molar-refractivity contribution is 5.73. The Kier molecular flexibility index (Phi) is 3.38. The van der Waals surface area contributed by atoms with Crippen molar-refractivity contribution in [2.24, 2.45) is 0 Å². The smallest absolute Gasteiger partial charge is 0.225 e. The predicted octanol–water partition coefficient (Wildman–Crippen LogP) is 0.818. The lowest BCUT2D eigenvalue weighted by Gasteiger charge is -2.42. The van der Waals surface area contributed by atoms with E-state index in [1.165, 1.54) is 0 Å². The lowest BCUT2D eigenvalue weighted by molar-refractivity contribution is 0.112. The van der Waals surface area contributed by atoms with E-state index < -0.39 is 0 Å². The van der Waals surface area contributed by atoms with E-state index in [9.17, 15) is 4.79 Å². The van der Waals surface area contributed by atoms with Crippen molar-refractivity contribution >= 4 is 12.2 Å². The molecule has 2 atom stereocenters. The number of carbonyl (C=O) groups is 1. The minimum atomic E-state index is 0.480. The molecule has 0 saturated carbocycles. The molecule has 0 aliphatic carbocycles. The molecule has 1 saturated heterocycles. The number of piperazine rings is 1. The molecule has 5 heteroatoms. The van der Waals surface area contributed by atoms with Crippen LogP contribution in [0.1, 0.15) is 24.2 Å². The molecule has 2 unspecified atom stereocenters. The van der Waals surface area contributed by atoms with E-state index in [2.05, 4.69) is 40.7 Å². The molecule has 0 spiro atoms. The van der Waals surface area contributed by atoms with E-state index in [0.717, 1.165) is 19.4 Å². The van der Waals surface area contributed by atoms with Crippen LogP contribution >= 0.6 is 0 Å². The van der Waals surface area contributed by atoms with Crippen molar-refractivity contribution in [2.75, 3.05) is 25.0 Å². The summed E-state index contributed by atoms with van der Waals surface area (Å²) >= 11 is 0. The largest absolute Gasteiger partial charge is 0.338 e. The number of anilines is 1. The van der Waals surface area contributed by atoms with Crippen molar-refractivity contribution in [3.05, 3.63) is 18.0 Å². The highest BCUT2D eigenvalue weighted by Crippen LogP contribution is 2.17. The predicted molar refractivity (Wildman–Crippen MR) is 66.3 cm³/mol. The third kappa shape index (κ3) is 2.44. The van der Waals surface area contributed by atoms with Gasteiger partial charge in [-0.25, -0.2) is 9.97 Å². The number of aromatic nitrogens is 2. The Hall–Kier alpha value is -1.49. The monoisotopic (exact) mass is 234 g/mol. The number of aldehydes is 1. The fraction of sp³-hybridized carbons (Fsp3) is 0.583. The van der Waals surface area contributed by atoms with Gasteiger partial charge >= 0.3 is 0 Å². The number of hydrogen-bond acceptors (Lipinski definition) is 5. The second-order valence-corrected chi connectivity index (χ2v) is 4.70. The molecule has 2 heterocycles. The quantitative estimate of drug-likeness (QED) is 0.709. The van der Waals surface area contributed by atoms with Gasteiger partial charge in [0.1, 0.15) is 0 Å². The summed E-state index contributed by atoms with van der Waals surface area (Å²) in [6.07, 6.45) is 3.91. The van der Waals surface area contributed by atoms with E-state index in [-0.39, 0.29) is 0 Å². The van der Waals surface area contributed by atoms with Crippen molar-refractivity contribution in [1.82, 2.24) is 14.9 Å². The van der Waals surface area contributed by atoms with Gasteiger partial charge in [0.15, 0.2) is 6.29 Å². The van der Waals surface area contributed by atoms with Gasteiger partial charge in [-0.2, -0.15) is 0 Å². The molecule has 0 bridgehead atoms. The molecule has 1 fully saturated rings. The molecular weight excluding hydrogens is 216 g/mol. The summed E-state index contributed by atoms with van der Waals surface area (Å²) in [5.74, 6) is 0.711. The molecular formula is C12H18N4O. The Morgan fingerprint density at radius 3 is 2.24 bits per heavy atom. The summed E-state index contributed by atoms with van der Waals surface area (Å²) < 4.78 is 0. The molecule has 1 aromatic heterocycles. The van der Waals surface area contributed by atoms with Gasteiger partial charge in [-0.3, -0.25) is 9.69 Å². The van der Waals surface area contributed by atoms with Crippen LogP contribution in [0.2, 0.25) is 0 Å². The molecule has 0 aromatic carbocycles. The molecule has 5 nitrogen and oxygen atoms in total. The fourth-order valence-electron chi connectivity index (χ4n) is 2.12. The van der Waals surface area contributed by atoms with E-state index >= 15 is 0 Å². The Morgan fingerprint density at radius 1 is 1.24 bits per heavy atom. The zero-order valence-corrected chi connectivity index (χ0v) is 10.5. The van der Waals surface area contributed by atoms with Gasteiger partial charge in [-0.05, 0) is 20.9 Å². The van der Waals surface area contributed by atoms with E-state index in [4.69, 9.17) is 0 Å². The van der Waals surface area contributed by atoms with Gasteiger partial charge in [0, 0.05) is 37.6 Å². The molecule has 92 valence electrons. The van der Waals surface area contributed by atoms with Crippen molar-refractivity contribution in [1.29, 1.82) is 0 Å². The van der Waals surface area contributed by atoms with Crippen molar-refractivity contribution in [3.8, 4) is 0 Å². The lowest BCUT2D eigenvalue weighted by atomic mass is 10.1. The van der Waals surface area contributed by atoms with Crippen LogP contribution in [-0.4, -0.2) is 53.4 Å². The topological polar surface area (TPSA) is 49.3 Å². The molecule has 17 heavy (non-hydrogen) atoms. The van der Waals surface area contributed by atoms with E-state index in [1.807, 2.05) is 0 Å². The van der Waals surface area contributed by atoms with Crippen LogP contribution in [0.3, 0.4) is 0 Å². The van der Waals surface area contributed by atoms with Crippen molar-refractivity contribution in [2.45, 2.75) is 25.9 Å². The number of hydrogen-bond donors (Lipinski definition) is 0. The highest BCUT2D eigenvalue weighted by atomic mass is 16.1. The molecule has 0 N–H and O–H groups in total. The number of carbonyl (C=O) groups excluding carboxylic acids is 1. The third-order valence-electron chi connectivity index (χ3n) is 3.44. The Balaban J connectivity index is 2.14. The van der Waals surface area contributed by atoms with Crippen molar-refractivity contribution < 1.29 is 4.79 Å². The number of rotatable bonds is 2. The summed E-state index contributed by atoms with van der Waals surface area (Å²) in [6, 6.07) is 0.959. The average molecular weight is 234 g/mol. The van der Waals surface area contributed by atoms with Crippen LogP contribution in [0.25, 0.3) is 0 Å². The fourth-order valence-corrected chi connectivity index (χ4v) is 2.12. The summed E-state index contributed by atoms with van der Waals surface area (Å²) in [6.45, 7) is 6.23. The van der Waals surface area contributed by atoms with Gasteiger partial charge in [-0.15, -0.1) is 0 Å². The average Bonchev–Trinajstić information content (AvgIpc) is 2.35. The first-order valence-electron chi connectivity index (χ1n) is 5.86. The number of likely N-dealkylation sites (N-methyl/N-ethyl adjacent to an activating group) is 1. The van der Waals surface area contributed by atoms with Crippen LogP contribution in [-0.2, 0) is 0 Å². The third-order valence-corrected chi connectivity index (χ3v) is 3.44. The molecule has 0 amide bonds. The minimum Gasteiger partial charge on any atom is -0.338 e. The van der Waals surface area contributed by atoms with Crippen LogP contribution in [0.4, 0.5) is 5.95 Å². The second-order valence-electron chi connectivity index (χ2n) is 4.70. The highest BCUT2D eigenvalue weighted by Gasteiger charge is 2.27. The van der Waals surface area contributed by atoms with Gasteiger partial charge in [0.05, 0.1) is 5.56 Å². The maximum atomic E-state index is 10.5. The van der Waals surface area contributed by atoms with Gasteiger partial charge in [0.25, 0.3) is 0 Å². The minimum absolute atomic E-state index is 0.480. The first kappa shape index (κ1) is 12.0. The van der Waals surface area contributed by atoms with Crippen LogP contribution < -0.4 is 4.90 Å². The number of nitrogens with zero attached hydrogens (tertiary/aromatic N) is 4. The van der Waals surface area contributed by atoms with Crippen LogP contribution in [0, 0.1) is 0 Å². The normalized spacial score (nSPS) is 25.9.